The van der Waals surface area contributed by atoms with Crippen molar-refractivity contribution in [3.8, 4) is 0 Å². The molecule has 3 aromatic rings. The lowest BCUT2D eigenvalue weighted by Gasteiger charge is -2.08. The lowest BCUT2D eigenvalue weighted by Crippen LogP contribution is -1.89. The largest absolute Gasteiger partial charge is 0.345 e. The number of allylic oxidation sites excluding steroid dienone is 2. The van der Waals surface area contributed by atoms with E-state index in [-0.39, 0.29) is 0 Å². The van der Waals surface area contributed by atoms with Crippen molar-refractivity contribution in [2.45, 2.75) is 12.8 Å². The smallest absolute Gasteiger partial charge is 0.0931 e. The maximum atomic E-state index is 4.32. The van der Waals surface area contributed by atoms with E-state index < -0.39 is 0 Å². The van der Waals surface area contributed by atoms with Crippen molar-refractivity contribution in [2.75, 3.05) is 0 Å². The molecule has 0 bridgehead atoms. The van der Waals surface area contributed by atoms with Gasteiger partial charge >= 0.3 is 0 Å². The van der Waals surface area contributed by atoms with E-state index in [1.165, 1.54) is 0 Å². The van der Waals surface area contributed by atoms with E-state index >= 15 is 0 Å². The highest BCUT2D eigenvalue weighted by Gasteiger charge is 2.05. The summed E-state index contributed by atoms with van der Waals surface area (Å²) < 4.78 is 0. The number of rotatable bonds is 5. The lowest BCUT2D eigenvalue weighted by molar-refractivity contribution is 1.07. The first-order valence-corrected chi connectivity index (χ1v) is 6.94. The van der Waals surface area contributed by atoms with Crippen molar-refractivity contribution in [1.29, 1.82) is 0 Å². The van der Waals surface area contributed by atoms with Crippen LogP contribution in [0.1, 0.15) is 24.1 Å². The average Bonchev–Trinajstić information content (AvgIpc) is 3.00. The van der Waals surface area contributed by atoms with Gasteiger partial charge in [-0.3, -0.25) is 4.98 Å². The topological polar surface area (TPSA) is 41.6 Å². The highest BCUT2D eigenvalue weighted by Crippen LogP contribution is 2.25. The SMILES string of the molecule is C=C(CCC(=C)c1ccccn1)c1ccc2[nH]cnc2c1. The van der Waals surface area contributed by atoms with Crippen LogP contribution in [0.2, 0.25) is 0 Å². The Hall–Kier alpha value is -2.68. The molecule has 0 saturated heterocycles. The Morgan fingerprint density at radius 1 is 1.00 bits per heavy atom. The van der Waals surface area contributed by atoms with Gasteiger partial charge in [0.15, 0.2) is 0 Å². The highest BCUT2D eigenvalue weighted by molar-refractivity contribution is 5.80. The summed E-state index contributed by atoms with van der Waals surface area (Å²) in [5.41, 5.74) is 6.23. The molecule has 2 heterocycles. The lowest BCUT2D eigenvalue weighted by atomic mass is 9.98. The number of fused-ring (bicyclic) bond motifs is 1. The highest BCUT2D eigenvalue weighted by atomic mass is 14.9. The number of hydrogen-bond acceptors (Lipinski definition) is 2. The molecule has 0 fully saturated rings. The zero-order chi connectivity index (χ0) is 14.7. The molecule has 0 aliphatic carbocycles. The van der Waals surface area contributed by atoms with E-state index in [9.17, 15) is 0 Å². The molecule has 3 heteroatoms. The van der Waals surface area contributed by atoms with Crippen molar-refractivity contribution >= 4 is 22.2 Å². The van der Waals surface area contributed by atoms with Crippen molar-refractivity contribution in [2.24, 2.45) is 0 Å². The second-order valence-corrected chi connectivity index (χ2v) is 5.06. The van der Waals surface area contributed by atoms with E-state index in [0.717, 1.165) is 46.3 Å². The second-order valence-electron chi connectivity index (χ2n) is 5.06. The quantitative estimate of drug-likeness (QED) is 0.746. The van der Waals surface area contributed by atoms with E-state index in [0.29, 0.717) is 0 Å². The number of pyridine rings is 1. The summed E-state index contributed by atoms with van der Waals surface area (Å²) in [7, 11) is 0. The van der Waals surface area contributed by atoms with Crippen LogP contribution in [0.15, 0.2) is 62.1 Å². The van der Waals surface area contributed by atoms with Gasteiger partial charge < -0.3 is 4.98 Å². The molecule has 0 amide bonds. The summed E-state index contributed by atoms with van der Waals surface area (Å²) in [5.74, 6) is 0. The van der Waals surface area contributed by atoms with Gasteiger partial charge in [0.2, 0.25) is 0 Å². The number of H-pyrrole nitrogens is 1. The van der Waals surface area contributed by atoms with E-state index in [1.807, 2.05) is 24.3 Å². The zero-order valence-corrected chi connectivity index (χ0v) is 11.8. The van der Waals surface area contributed by atoms with E-state index in [1.54, 1.807) is 12.5 Å². The molecular weight excluding hydrogens is 258 g/mol. The van der Waals surface area contributed by atoms with Crippen LogP contribution in [0.25, 0.3) is 22.2 Å². The van der Waals surface area contributed by atoms with Gasteiger partial charge in [0.25, 0.3) is 0 Å². The second kappa shape index (κ2) is 5.75. The Morgan fingerprint density at radius 2 is 1.86 bits per heavy atom. The molecule has 0 saturated carbocycles. The predicted octanol–water partition coefficient (Wildman–Crippen LogP) is 4.46. The van der Waals surface area contributed by atoms with Gasteiger partial charge in [0.1, 0.15) is 0 Å². The fourth-order valence-electron chi connectivity index (χ4n) is 2.30. The van der Waals surface area contributed by atoms with Crippen LogP contribution in [-0.4, -0.2) is 15.0 Å². The summed E-state index contributed by atoms with van der Waals surface area (Å²) in [6.45, 7) is 8.29. The van der Waals surface area contributed by atoms with Gasteiger partial charge in [-0.25, -0.2) is 4.98 Å². The molecule has 3 nitrogen and oxygen atoms in total. The van der Waals surface area contributed by atoms with Crippen molar-refractivity contribution < 1.29 is 0 Å². The van der Waals surface area contributed by atoms with Crippen molar-refractivity contribution in [3.05, 3.63) is 73.3 Å². The zero-order valence-electron chi connectivity index (χ0n) is 11.8. The summed E-state index contributed by atoms with van der Waals surface area (Å²) in [4.78, 5) is 11.7. The minimum absolute atomic E-state index is 0.856. The van der Waals surface area contributed by atoms with Gasteiger partial charge in [-0.1, -0.05) is 25.3 Å². The standard InChI is InChI=1S/C18H17N3/c1-13(6-7-14(2)16-5-3-4-10-19-16)15-8-9-17-18(11-15)21-12-20-17/h3-5,8-12H,1-2,6-7H2,(H,20,21). The van der Waals surface area contributed by atoms with Crippen LogP contribution in [0.3, 0.4) is 0 Å². The van der Waals surface area contributed by atoms with E-state index in [4.69, 9.17) is 0 Å². The van der Waals surface area contributed by atoms with Crippen LogP contribution >= 0.6 is 0 Å². The minimum Gasteiger partial charge on any atom is -0.345 e. The number of aromatic amines is 1. The molecule has 1 N–H and O–H groups in total. The van der Waals surface area contributed by atoms with Gasteiger partial charge in [0.05, 0.1) is 23.1 Å². The maximum Gasteiger partial charge on any atom is 0.0931 e. The Balaban J connectivity index is 1.67. The molecule has 0 unspecified atom stereocenters. The monoisotopic (exact) mass is 275 g/mol. The van der Waals surface area contributed by atoms with E-state index in [2.05, 4.69) is 40.2 Å². The third-order valence-electron chi connectivity index (χ3n) is 3.59. The summed E-state index contributed by atoms with van der Waals surface area (Å²) >= 11 is 0. The summed E-state index contributed by atoms with van der Waals surface area (Å²) in [5, 5.41) is 0. The molecule has 1 aromatic carbocycles. The molecule has 0 spiro atoms. The van der Waals surface area contributed by atoms with Gasteiger partial charge in [-0.15, -0.1) is 0 Å². The summed E-state index contributed by atoms with van der Waals surface area (Å²) in [6, 6.07) is 12.1. The predicted molar refractivity (Wildman–Crippen MR) is 87.6 cm³/mol. The first-order valence-electron chi connectivity index (χ1n) is 6.94. The molecule has 21 heavy (non-hydrogen) atoms. The van der Waals surface area contributed by atoms with Crippen LogP contribution in [0, 0.1) is 0 Å². The molecule has 0 aliphatic rings. The third-order valence-corrected chi connectivity index (χ3v) is 3.59. The summed E-state index contributed by atoms with van der Waals surface area (Å²) in [6.07, 6.45) is 5.22. The Bertz CT molecular complexity index is 784. The molecule has 104 valence electrons. The number of imidazole rings is 1. The third kappa shape index (κ3) is 2.92. The molecule has 0 atom stereocenters. The fourth-order valence-corrected chi connectivity index (χ4v) is 2.30. The maximum absolute atomic E-state index is 4.32. The number of nitrogens with one attached hydrogen (secondary N) is 1. The van der Waals surface area contributed by atoms with Gasteiger partial charge in [-0.05, 0) is 53.8 Å². The molecule has 3 rings (SSSR count). The Labute approximate surface area is 124 Å². The number of aromatic nitrogens is 3. The first-order chi connectivity index (χ1) is 10.2. The number of hydrogen-bond donors (Lipinski definition) is 1. The molecule has 0 aliphatic heterocycles. The Morgan fingerprint density at radius 3 is 2.67 bits per heavy atom. The van der Waals surface area contributed by atoms with Crippen LogP contribution < -0.4 is 0 Å². The van der Waals surface area contributed by atoms with Gasteiger partial charge in [0, 0.05) is 6.20 Å². The van der Waals surface area contributed by atoms with Gasteiger partial charge in [-0.2, -0.15) is 0 Å². The number of nitrogens with zero attached hydrogens (tertiary/aromatic N) is 2. The molecule has 2 aromatic heterocycles. The van der Waals surface area contributed by atoms with Crippen molar-refractivity contribution in [3.63, 3.8) is 0 Å². The fraction of sp³-hybridized carbons (Fsp3) is 0.111. The molecule has 0 radical (unpaired) electrons. The minimum atomic E-state index is 0.856. The average molecular weight is 275 g/mol. The van der Waals surface area contributed by atoms with Crippen LogP contribution in [0.4, 0.5) is 0 Å². The first kappa shape index (κ1) is 13.3. The normalized spacial score (nSPS) is 10.7. The Kier molecular flexibility index (Phi) is 3.65. The van der Waals surface area contributed by atoms with Crippen molar-refractivity contribution in [1.82, 2.24) is 15.0 Å². The van der Waals surface area contributed by atoms with Crippen LogP contribution in [0.5, 0.6) is 0 Å². The van der Waals surface area contributed by atoms with Crippen LogP contribution in [-0.2, 0) is 0 Å². The number of benzene rings is 1. The molecular formula is C18H17N3.